The number of halogens is 1. The molecule has 0 aromatic heterocycles. The summed E-state index contributed by atoms with van der Waals surface area (Å²) in [5, 5.41) is 8.48. The molecule has 4 heteroatoms. The van der Waals surface area contributed by atoms with E-state index in [4.69, 9.17) is 16.9 Å². The predicted octanol–water partition coefficient (Wildman–Crippen LogP) is 2.16. The van der Waals surface area contributed by atoms with Gasteiger partial charge in [-0.05, 0) is 12.8 Å². The number of hydrogen-bond donors (Lipinski definition) is 0. The third-order valence-electron chi connectivity index (χ3n) is 2.28. The lowest BCUT2D eigenvalue weighted by Crippen LogP contribution is -2.41. The van der Waals surface area contributed by atoms with Crippen LogP contribution in [0.3, 0.4) is 0 Å². The summed E-state index contributed by atoms with van der Waals surface area (Å²) in [6.45, 7) is 4.57. The lowest BCUT2D eigenvalue weighted by atomic mass is 10.1. The largest absolute Gasteiger partial charge is 0.338 e. The van der Waals surface area contributed by atoms with Gasteiger partial charge in [0.25, 0.3) is 0 Å². The Hall–Kier alpha value is -0.750. The van der Waals surface area contributed by atoms with Crippen molar-refractivity contribution in [3.8, 4) is 6.07 Å². The minimum atomic E-state index is -0.0735. The molecule has 0 N–H and O–H groups in total. The Morgan fingerprint density at radius 1 is 1.50 bits per heavy atom. The summed E-state index contributed by atoms with van der Waals surface area (Å²) in [5.74, 6) is -0.0716. The third kappa shape index (κ3) is 3.97. The molecule has 0 unspecified atom stereocenters. The Morgan fingerprint density at radius 2 is 2.07 bits per heavy atom. The molecule has 0 heterocycles. The molecule has 0 saturated heterocycles. The zero-order chi connectivity index (χ0) is 11.0. The average Bonchev–Trinajstić information content (AvgIpc) is 2.23. The molecule has 80 valence electrons. The Kier molecular flexibility index (Phi) is 7.23. The standard InChI is InChI=1S/C10H17ClN2O/c1-3-9(4-2)13(7-5-6-12)10(14)8-11/h9H,3-5,7-8H2,1-2H3. The van der Waals surface area contributed by atoms with Crippen LogP contribution in [0.5, 0.6) is 0 Å². The number of rotatable bonds is 6. The lowest BCUT2D eigenvalue weighted by Gasteiger charge is -2.29. The van der Waals surface area contributed by atoms with Crippen molar-refractivity contribution in [1.29, 1.82) is 5.26 Å². The molecule has 0 aliphatic rings. The minimum Gasteiger partial charge on any atom is -0.338 e. The smallest absolute Gasteiger partial charge is 0.237 e. The average molecular weight is 217 g/mol. The first-order valence-corrected chi connectivity index (χ1v) is 5.47. The second-order valence-corrected chi connectivity index (χ2v) is 3.37. The zero-order valence-corrected chi connectivity index (χ0v) is 9.55. The number of nitriles is 1. The molecule has 0 rings (SSSR count). The molecule has 0 radical (unpaired) electrons. The van der Waals surface area contributed by atoms with Gasteiger partial charge < -0.3 is 4.90 Å². The van der Waals surface area contributed by atoms with Gasteiger partial charge >= 0.3 is 0 Å². The van der Waals surface area contributed by atoms with Gasteiger partial charge in [-0.1, -0.05) is 13.8 Å². The van der Waals surface area contributed by atoms with Crippen LogP contribution in [0.15, 0.2) is 0 Å². The van der Waals surface area contributed by atoms with Crippen molar-refractivity contribution in [3.05, 3.63) is 0 Å². The highest BCUT2D eigenvalue weighted by atomic mass is 35.5. The first-order valence-electron chi connectivity index (χ1n) is 4.93. The summed E-state index contributed by atoms with van der Waals surface area (Å²) in [4.78, 5) is 13.2. The maximum absolute atomic E-state index is 11.5. The first kappa shape index (κ1) is 13.2. The number of hydrogen-bond acceptors (Lipinski definition) is 2. The summed E-state index contributed by atoms with van der Waals surface area (Å²) in [6.07, 6.45) is 2.19. The van der Waals surface area contributed by atoms with Gasteiger partial charge in [0.1, 0.15) is 5.88 Å². The van der Waals surface area contributed by atoms with E-state index in [1.165, 1.54) is 0 Å². The van der Waals surface area contributed by atoms with E-state index in [0.717, 1.165) is 12.8 Å². The van der Waals surface area contributed by atoms with E-state index >= 15 is 0 Å². The van der Waals surface area contributed by atoms with Crippen molar-refractivity contribution in [2.24, 2.45) is 0 Å². The van der Waals surface area contributed by atoms with E-state index < -0.39 is 0 Å². The number of nitrogens with zero attached hydrogens (tertiary/aromatic N) is 2. The summed E-state index contributed by atoms with van der Waals surface area (Å²) in [6, 6.07) is 2.26. The Balaban J connectivity index is 4.37. The van der Waals surface area contributed by atoms with Crippen LogP contribution in [-0.4, -0.2) is 29.3 Å². The molecule has 1 amide bonds. The van der Waals surface area contributed by atoms with Crippen molar-refractivity contribution in [1.82, 2.24) is 4.90 Å². The SMILES string of the molecule is CCC(CC)N(CCC#N)C(=O)CCl. The number of alkyl halides is 1. The van der Waals surface area contributed by atoms with Crippen LogP contribution in [0.2, 0.25) is 0 Å². The molecule has 0 aliphatic carbocycles. The Bertz CT molecular complexity index is 209. The molecule has 0 aromatic carbocycles. The van der Waals surface area contributed by atoms with Crippen molar-refractivity contribution in [2.45, 2.75) is 39.2 Å². The third-order valence-corrected chi connectivity index (χ3v) is 2.51. The van der Waals surface area contributed by atoms with E-state index in [1.54, 1.807) is 4.90 Å². The molecule has 0 aromatic rings. The molecular formula is C10H17ClN2O. The highest BCUT2D eigenvalue weighted by Gasteiger charge is 2.19. The molecule has 0 aliphatic heterocycles. The van der Waals surface area contributed by atoms with Crippen LogP contribution >= 0.6 is 11.6 Å². The van der Waals surface area contributed by atoms with Crippen molar-refractivity contribution in [2.75, 3.05) is 12.4 Å². The summed E-state index contributed by atoms with van der Waals surface area (Å²) >= 11 is 5.51. The fraction of sp³-hybridized carbons (Fsp3) is 0.800. The first-order chi connectivity index (χ1) is 6.71. The minimum absolute atomic E-state index is 0.00191. The number of amides is 1. The van der Waals surface area contributed by atoms with Crippen LogP contribution < -0.4 is 0 Å². The van der Waals surface area contributed by atoms with Crippen molar-refractivity contribution >= 4 is 17.5 Å². The monoisotopic (exact) mass is 216 g/mol. The number of carbonyl (C=O) groups is 1. The molecule has 0 spiro atoms. The van der Waals surface area contributed by atoms with E-state index in [9.17, 15) is 4.79 Å². The molecular weight excluding hydrogens is 200 g/mol. The van der Waals surface area contributed by atoms with E-state index in [1.807, 2.05) is 19.9 Å². The fourth-order valence-corrected chi connectivity index (χ4v) is 1.64. The molecule has 0 saturated carbocycles. The zero-order valence-electron chi connectivity index (χ0n) is 8.79. The highest BCUT2D eigenvalue weighted by Crippen LogP contribution is 2.10. The van der Waals surface area contributed by atoms with Gasteiger partial charge in [-0.3, -0.25) is 4.79 Å². The topological polar surface area (TPSA) is 44.1 Å². The van der Waals surface area contributed by atoms with E-state index in [-0.39, 0.29) is 17.8 Å². The maximum Gasteiger partial charge on any atom is 0.237 e. The molecule has 0 atom stereocenters. The highest BCUT2D eigenvalue weighted by molar-refractivity contribution is 6.27. The van der Waals surface area contributed by atoms with Crippen molar-refractivity contribution in [3.63, 3.8) is 0 Å². The van der Waals surface area contributed by atoms with Gasteiger partial charge in [-0.15, -0.1) is 11.6 Å². The van der Waals surface area contributed by atoms with Crippen LogP contribution in [0.4, 0.5) is 0 Å². The van der Waals surface area contributed by atoms with Gasteiger partial charge in [0.2, 0.25) is 5.91 Å². The quantitative estimate of drug-likeness (QED) is 0.639. The molecule has 0 bridgehead atoms. The van der Waals surface area contributed by atoms with Gasteiger partial charge in [-0.2, -0.15) is 5.26 Å². The van der Waals surface area contributed by atoms with E-state index in [0.29, 0.717) is 13.0 Å². The lowest BCUT2D eigenvalue weighted by molar-refractivity contribution is -0.130. The predicted molar refractivity (Wildman–Crippen MR) is 57.0 cm³/mol. The van der Waals surface area contributed by atoms with Crippen LogP contribution in [0.25, 0.3) is 0 Å². The summed E-state index contributed by atoms with van der Waals surface area (Å²) < 4.78 is 0. The Morgan fingerprint density at radius 3 is 2.43 bits per heavy atom. The van der Waals surface area contributed by atoms with Crippen LogP contribution in [0.1, 0.15) is 33.1 Å². The van der Waals surface area contributed by atoms with Crippen LogP contribution in [0, 0.1) is 11.3 Å². The van der Waals surface area contributed by atoms with Gasteiger partial charge in [0.15, 0.2) is 0 Å². The van der Waals surface area contributed by atoms with Gasteiger partial charge in [0.05, 0.1) is 12.5 Å². The van der Waals surface area contributed by atoms with E-state index in [2.05, 4.69) is 0 Å². The number of carbonyl (C=O) groups excluding carboxylic acids is 1. The second kappa shape index (κ2) is 7.64. The fourth-order valence-electron chi connectivity index (χ4n) is 1.49. The second-order valence-electron chi connectivity index (χ2n) is 3.10. The Labute approximate surface area is 90.6 Å². The molecule has 3 nitrogen and oxygen atoms in total. The van der Waals surface area contributed by atoms with Gasteiger partial charge in [0, 0.05) is 12.6 Å². The normalized spacial score (nSPS) is 9.93. The van der Waals surface area contributed by atoms with Crippen molar-refractivity contribution < 1.29 is 4.79 Å². The molecule has 0 fully saturated rings. The summed E-state index contributed by atoms with van der Waals surface area (Å²) in [5.41, 5.74) is 0. The van der Waals surface area contributed by atoms with Crippen LogP contribution in [-0.2, 0) is 4.79 Å². The van der Waals surface area contributed by atoms with Gasteiger partial charge in [-0.25, -0.2) is 0 Å². The molecule has 14 heavy (non-hydrogen) atoms. The maximum atomic E-state index is 11.5. The summed E-state index contributed by atoms with van der Waals surface area (Å²) in [7, 11) is 0.